The molecule has 5 aromatic carbocycles. The Bertz CT molecular complexity index is 1910. The molecule has 0 heterocycles. The number of fused-ring (bicyclic) bond motifs is 5. The highest BCUT2D eigenvalue weighted by Crippen LogP contribution is 2.49. The summed E-state index contributed by atoms with van der Waals surface area (Å²) >= 11 is 0. The number of rotatable bonds is 2. The highest BCUT2D eigenvalue weighted by atomic mass is 14.4. The topological polar surface area (TPSA) is 0 Å². The van der Waals surface area contributed by atoms with Crippen LogP contribution in [0.15, 0.2) is 127 Å². The van der Waals surface area contributed by atoms with Crippen molar-refractivity contribution in [2.24, 2.45) is 0 Å². The molecule has 5 aromatic rings. The second-order valence-corrected chi connectivity index (χ2v) is 12.5. The van der Waals surface area contributed by atoms with Crippen LogP contribution in [0.4, 0.5) is 0 Å². The zero-order valence-corrected chi connectivity index (χ0v) is 24.2. The monoisotopic (exact) mass is 524 g/mol. The van der Waals surface area contributed by atoms with Crippen molar-refractivity contribution in [2.45, 2.75) is 38.5 Å². The summed E-state index contributed by atoms with van der Waals surface area (Å²) in [6.07, 6.45) is 9.46. The van der Waals surface area contributed by atoms with Gasteiger partial charge in [0.25, 0.3) is 0 Å². The van der Waals surface area contributed by atoms with E-state index < -0.39 is 0 Å². The van der Waals surface area contributed by atoms with E-state index in [-0.39, 0.29) is 10.8 Å². The molecule has 2 radical (unpaired) electrons. The van der Waals surface area contributed by atoms with Gasteiger partial charge in [0.1, 0.15) is 7.85 Å². The van der Waals surface area contributed by atoms with E-state index in [1.807, 2.05) is 6.07 Å². The van der Waals surface area contributed by atoms with Crippen molar-refractivity contribution in [3.05, 3.63) is 149 Å². The maximum atomic E-state index is 6.24. The van der Waals surface area contributed by atoms with Gasteiger partial charge < -0.3 is 0 Å². The molecule has 0 nitrogen and oxygen atoms in total. The molecule has 196 valence electrons. The van der Waals surface area contributed by atoms with Gasteiger partial charge in [-0.2, -0.15) is 0 Å². The second kappa shape index (κ2) is 9.35. The van der Waals surface area contributed by atoms with Gasteiger partial charge in [-0.05, 0) is 72.5 Å². The largest absolute Gasteiger partial charge is 0.113 e. The Labute approximate surface area is 245 Å². The highest BCUT2D eigenvalue weighted by Gasteiger charge is 2.36. The summed E-state index contributed by atoms with van der Waals surface area (Å²) in [7, 11) is 6.24. The minimum atomic E-state index is -0.189. The fraction of sp³-hybridized carbons (Fsp3) is 0.150. The van der Waals surface area contributed by atoms with Gasteiger partial charge in [0.05, 0.1) is 0 Å². The summed E-state index contributed by atoms with van der Waals surface area (Å²) in [6.45, 7) is 9.30. The lowest BCUT2D eigenvalue weighted by atomic mass is 9.77. The molecule has 0 aliphatic heterocycles. The van der Waals surface area contributed by atoms with Gasteiger partial charge in [0.15, 0.2) is 0 Å². The Morgan fingerprint density at radius 3 is 1.95 bits per heavy atom. The first-order chi connectivity index (χ1) is 19.7. The van der Waals surface area contributed by atoms with E-state index in [1.54, 1.807) is 0 Å². The van der Waals surface area contributed by atoms with E-state index in [2.05, 4.69) is 149 Å². The van der Waals surface area contributed by atoms with Crippen LogP contribution in [-0.2, 0) is 10.8 Å². The molecule has 0 amide bonds. The third-order valence-electron chi connectivity index (χ3n) is 9.14. The lowest BCUT2D eigenvalue weighted by molar-refractivity contribution is 0.655. The summed E-state index contributed by atoms with van der Waals surface area (Å²) in [5, 5.41) is 2.56. The molecule has 0 unspecified atom stereocenters. The highest BCUT2D eigenvalue weighted by molar-refractivity contribution is 6.32. The lowest BCUT2D eigenvalue weighted by Gasteiger charge is -2.27. The van der Waals surface area contributed by atoms with Crippen LogP contribution < -0.4 is 5.46 Å². The molecule has 0 spiro atoms. The van der Waals surface area contributed by atoms with Crippen molar-refractivity contribution in [3.63, 3.8) is 0 Å². The van der Waals surface area contributed by atoms with E-state index in [0.29, 0.717) is 0 Å². The fourth-order valence-corrected chi connectivity index (χ4v) is 6.79. The van der Waals surface area contributed by atoms with Crippen molar-refractivity contribution >= 4 is 35.7 Å². The first-order valence-electron chi connectivity index (χ1n) is 14.5. The average molecular weight is 525 g/mol. The van der Waals surface area contributed by atoms with Gasteiger partial charge >= 0.3 is 0 Å². The predicted molar refractivity (Wildman–Crippen MR) is 178 cm³/mol. The van der Waals surface area contributed by atoms with Crippen molar-refractivity contribution in [1.82, 2.24) is 0 Å². The molecule has 41 heavy (non-hydrogen) atoms. The molecular weight excluding hydrogens is 491 g/mol. The van der Waals surface area contributed by atoms with E-state index in [1.165, 1.54) is 66.4 Å². The number of hydrogen-bond acceptors (Lipinski definition) is 0. The summed E-state index contributed by atoms with van der Waals surface area (Å²) in [4.78, 5) is 0. The first kappa shape index (κ1) is 25.6. The van der Waals surface area contributed by atoms with Gasteiger partial charge in [0, 0.05) is 10.8 Å². The predicted octanol–water partition coefficient (Wildman–Crippen LogP) is 9.57. The third-order valence-corrected chi connectivity index (χ3v) is 9.14. The Kier molecular flexibility index (Phi) is 5.84. The minimum Gasteiger partial charge on any atom is -0.0963 e. The molecule has 0 fully saturated rings. The zero-order chi connectivity index (χ0) is 28.4. The van der Waals surface area contributed by atoms with E-state index in [4.69, 9.17) is 7.85 Å². The number of benzene rings is 5. The molecule has 0 N–H and O–H groups in total. The van der Waals surface area contributed by atoms with Crippen LogP contribution in [0.2, 0.25) is 0 Å². The maximum absolute atomic E-state index is 6.24. The van der Waals surface area contributed by atoms with Crippen LogP contribution in [-0.4, -0.2) is 7.85 Å². The van der Waals surface area contributed by atoms with Crippen LogP contribution in [0.1, 0.15) is 49.9 Å². The van der Waals surface area contributed by atoms with Crippen LogP contribution in [0.25, 0.3) is 44.7 Å². The van der Waals surface area contributed by atoms with Crippen molar-refractivity contribution in [2.75, 3.05) is 0 Å². The van der Waals surface area contributed by atoms with E-state index >= 15 is 0 Å². The fourth-order valence-electron chi connectivity index (χ4n) is 6.79. The van der Waals surface area contributed by atoms with Gasteiger partial charge in [-0.3, -0.25) is 0 Å². The number of hydrogen-bond donors (Lipinski definition) is 0. The van der Waals surface area contributed by atoms with Crippen LogP contribution in [0, 0.1) is 0 Å². The molecule has 0 saturated heterocycles. The zero-order valence-electron chi connectivity index (χ0n) is 24.2. The van der Waals surface area contributed by atoms with Crippen LogP contribution in [0.3, 0.4) is 0 Å². The van der Waals surface area contributed by atoms with Crippen LogP contribution >= 0.6 is 0 Å². The average Bonchev–Trinajstić information content (AvgIpc) is 3.22. The molecule has 2 aliphatic carbocycles. The molecule has 0 saturated carbocycles. The van der Waals surface area contributed by atoms with Crippen molar-refractivity contribution in [1.29, 1.82) is 0 Å². The second-order valence-electron chi connectivity index (χ2n) is 12.5. The van der Waals surface area contributed by atoms with Crippen molar-refractivity contribution in [3.8, 4) is 22.3 Å². The summed E-state index contributed by atoms with van der Waals surface area (Å²) in [5.74, 6) is 0. The Hall–Kier alpha value is -4.36. The Morgan fingerprint density at radius 2 is 1.20 bits per heavy atom. The quantitative estimate of drug-likeness (QED) is 0.202. The lowest BCUT2D eigenvalue weighted by Crippen LogP contribution is -2.18. The maximum Gasteiger partial charge on any atom is 0.113 e. The summed E-state index contributed by atoms with van der Waals surface area (Å²) in [5.41, 5.74) is 13.3. The molecule has 0 aromatic heterocycles. The minimum absolute atomic E-state index is 0.133. The molecule has 7 rings (SSSR count). The van der Waals surface area contributed by atoms with Crippen molar-refractivity contribution < 1.29 is 0 Å². The first-order valence-corrected chi connectivity index (χ1v) is 14.5. The van der Waals surface area contributed by atoms with E-state index in [0.717, 1.165) is 5.46 Å². The summed E-state index contributed by atoms with van der Waals surface area (Å²) in [6, 6.07) is 37.3. The number of allylic oxidation sites excluding steroid dienone is 5. The summed E-state index contributed by atoms with van der Waals surface area (Å²) < 4.78 is 0. The third kappa shape index (κ3) is 4.15. The Balaban J connectivity index is 1.42. The normalized spacial score (nSPS) is 16.5. The molecule has 0 atom stereocenters. The van der Waals surface area contributed by atoms with Gasteiger partial charge in [0.2, 0.25) is 0 Å². The van der Waals surface area contributed by atoms with Gasteiger partial charge in [-0.25, -0.2) is 0 Å². The molecule has 0 bridgehead atoms. The molecule has 2 aliphatic rings. The Morgan fingerprint density at radius 1 is 0.537 bits per heavy atom. The SMILES string of the molecule is [B]c1ccc2c(c1)C(C)(C)C1=C2C=CC(C)(C)c2cc(-c3ccc(-c4ccccc4)cc3)c3ccccc3c2C=C1. The van der Waals surface area contributed by atoms with Crippen LogP contribution in [0.5, 0.6) is 0 Å². The van der Waals surface area contributed by atoms with Gasteiger partial charge in [-0.1, -0.05) is 155 Å². The smallest absolute Gasteiger partial charge is 0.0963 e. The van der Waals surface area contributed by atoms with E-state index in [9.17, 15) is 0 Å². The molecular formula is C40H33B. The standard InChI is InChI=1S/C40H33B/c1-39(2)23-22-34-33-19-18-29(41)24-38(33)40(3,4)36(34)21-20-32-30-12-8-9-13-31(30)35(25-37(32)39)28-16-14-27(15-17-28)26-10-6-5-7-11-26/h5-25H,1-4H3. The van der Waals surface area contributed by atoms with Gasteiger partial charge in [-0.15, -0.1) is 0 Å². The molecule has 1 heteroatoms.